The number of hydrogen-bond donors (Lipinski definition) is 2. The second-order valence-corrected chi connectivity index (χ2v) is 3.77. The average Bonchev–Trinajstić information content (AvgIpc) is 2.28. The zero-order valence-electron chi connectivity index (χ0n) is 9.66. The van der Waals surface area contributed by atoms with Crippen LogP contribution >= 0.6 is 0 Å². The summed E-state index contributed by atoms with van der Waals surface area (Å²) in [4.78, 5) is 0. The molecule has 15 heavy (non-hydrogen) atoms. The number of ether oxygens (including phenoxy) is 1. The SMILES string of the molecule is COc1ccccc1C(C)NC(C)CN. The summed E-state index contributed by atoms with van der Waals surface area (Å²) in [6, 6.07) is 8.59. The lowest BCUT2D eigenvalue weighted by atomic mass is 10.1. The third-order valence-electron chi connectivity index (χ3n) is 2.49. The molecule has 0 fully saturated rings. The summed E-state index contributed by atoms with van der Waals surface area (Å²) in [5.74, 6) is 0.918. The molecule has 0 amide bonds. The quantitative estimate of drug-likeness (QED) is 0.774. The van der Waals surface area contributed by atoms with E-state index in [4.69, 9.17) is 10.5 Å². The molecule has 1 aromatic rings. The highest BCUT2D eigenvalue weighted by molar-refractivity contribution is 5.35. The van der Waals surface area contributed by atoms with Gasteiger partial charge in [0, 0.05) is 24.2 Å². The third kappa shape index (κ3) is 3.22. The summed E-state index contributed by atoms with van der Waals surface area (Å²) in [6.07, 6.45) is 0. The van der Waals surface area contributed by atoms with Gasteiger partial charge in [-0.25, -0.2) is 0 Å². The predicted molar refractivity (Wildman–Crippen MR) is 63.1 cm³/mol. The van der Waals surface area contributed by atoms with Gasteiger partial charge in [0.2, 0.25) is 0 Å². The lowest BCUT2D eigenvalue weighted by Gasteiger charge is -2.20. The van der Waals surface area contributed by atoms with Gasteiger partial charge in [0.15, 0.2) is 0 Å². The van der Waals surface area contributed by atoms with Gasteiger partial charge >= 0.3 is 0 Å². The van der Waals surface area contributed by atoms with Gasteiger partial charge in [0.05, 0.1) is 7.11 Å². The molecule has 2 unspecified atom stereocenters. The Bertz CT molecular complexity index is 301. The van der Waals surface area contributed by atoms with Crippen molar-refractivity contribution in [1.82, 2.24) is 5.32 Å². The maximum Gasteiger partial charge on any atom is 0.123 e. The molecule has 0 saturated carbocycles. The van der Waals surface area contributed by atoms with Crippen LogP contribution in [0.15, 0.2) is 24.3 Å². The van der Waals surface area contributed by atoms with Crippen LogP contribution in [0.1, 0.15) is 25.5 Å². The van der Waals surface area contributed by atoms with Crippen molar-refractivity contribution in [3.8, 4) is 5.75 Å². The van der Waals surface area contributed by atoms with Gasteiger partial charge in [-0.3, -0.25) is 0 Å². The summed E-state index contributed by atoms with van der Waals surface area (Å²) >= 11 is 0. The van der Waals surface area contributed by atoms with Crippen molar-refractivity contribution in [3.63, 3.8) is 0 Å². The first-order valence-corrected chi connectivity index (χ1v) is 5.28. The Hall–Kier alpha value is -1.06. The molecule has 3 nitrogen and oxygen atoms in total. The van der Waals surface area contributed by atoms with Gasteiger partial charge in [-0.2, -0.15) is 0 Å². The Kier molecular flexibility index (Phi) is 4.59. The van der Waals surface area contributed by atoms with E-state index in [1.807, 2.05) is 18.2 Å². The van der Waals surface area contributed by atoms with Crippen molar-refractivity contribution >= 4 is 0 Å². The molecule has 84 valence electrons. The minimum atomic E-state index is 0.250. The lowest BCUT2D eigenvalue weighted by molar-refractivity contribution is 0.396. The van der Waals surface area contributed by atoms with Gasteiger partial charge in [0.1, 0.15) is 5.75 Å². The van der Waals surface area contributed by atoms with E-state index in [0.29, 0.717) is 12.6 Å². The normalized spacial score (nSPS) is 14.7. The van der Waals surface area contributed by atoms with Crippen molar-refractivity contribution < 1.29 is 4.74 Å². The highest BCUT2D eigenvalue weighted by Crippen LogP contribution is 2.24. The van der Waals surface area contributed by atoms with E-state index in [9.17, 15) is 0 Å². The predicted octanol–water partition coefficient (Wildman–Crippen LogP) is 1.69. The first-order valence-electron chi connectivity index (χ1n) is 5.28. The van der Waals surface area contributed by atoms with Crippen LogP contribution in [-0.2, 0) is 0 Å². The van der Waals surface area contributed by atoms with Gasteiger partial charge in [-0.05, 0) is 19.9 Å². The van der Waals surface area contributed by atoms with Gasteiger partial charge in [-0.15, -0.1) is 0 Å². The van der Waals surface area contributed by atoms with E-state index in [0.717, 1.165) is 5.75 Å². The molecular formula is C12H20N2O. The Labute approximate surface area is 91.6 Å². The zero-order valence-corrected chi connectivity index (χ0v) is 9.66. The smallest absolute Gasteiger partial charge is 0.123 e. The molecule has 0 aromatic heterocycles. The van der Waals surface area contributed by atoms with Crippen LogP contribution in [-0.4, -0.2) is 19.7 Å². The maximum absolute atomic E-state index is 5.58. The summed E-state index contributed by atoms with van der Waals surface area (Å²) in [6.45, 7) is 4.83. The number of nitrogens with two attached hydrogens (primary N) is 1. The molecule has 1 aromatic carbocycles. The van der Waals surface area contributed by atoms with E-state index >= 15 is 0 Å². The fourth-order valence-corrected chi connectivity index (χ4v) is 1.61. The van der Waals surface area contributed by atoms with Gasteiger partial charge < -0.3 is 15.8 Å². The second kappa shape index (κ2) is 5.73. The maximum atomic E-state index is 5.58. The first-order chi connectivity index (χ1) is 7.19. The molecule has 3 N–H and O–H groups in total. The molecule has 0 radical (unpaired) electrons. The van der Waals surface area contributed by atoms with Crippen LogP contribution < -0.4 is 15.8 Å². The van der Waals surface area contributed by atoms with Crippen molar-refractivity contribution in [1.29, 1.82) is 0 Å². The zero-order chi connectivity index (χ0) is 11.3. The lowest BCUT2D eigenvalue weighted by Crippen LogP contribution is -2.35. The fourth-order valence-electron chi connectivity index (χ4n) is 1.61. The number of benzene rings is 1. The molecule has 0 aliphatic rings. The number of para-hydroxylation sites is 1. The van der Waals surface area contributed by atoms with E-state index in [1.165, 1.54) is 5.56 Å². The Morgan fingerprint density at radius 3 is 2.60 bits per heavy atom. The van der Waals surface area contributed by atoms with Crippen molar-refractivity contribution in [3.05, 3.63) is 29.8 Å². The fraction of sp³-hybridized carbons (Fsp3) is 0.500. The van der Waals surface area contributed by atoms with E-state index in [-0.39, 0.29) is 6.04 Å². The van der Waals surface area contributed by atoms with E-state index in [1.54, 1.807) is 7.11 Å². The standard InChI is InChI=1S/C12H20N2O/c1-9(8-13)14-10(2)11-6-4-5-7-12(11)15-3/h4-7,9-10,14H,8,13H2,1-3H3. The highest BCUT2D eigenvalue weighted by atomic mass is 16.5. The molecule has 0 heterocycles. The summed E-state index contributed by atoms with van der Waals surface area (Å²) in [7, 11) is 1.69. The van der Waals surface area contributed by atoms with Crippen molar-refractivity contribution in [2.24, 2.45) is 5.73 Å². The summed E-state index contributed by atoms with van der Waals surface area (Å²) < 4.78 is 5.31. The molecule has 0 bridgehead atoms. The van der Waals surface area contributed by atoms with Crippen molar-refractivity contribution in [2.75, 3.05) is 13.7 Å². The van der Waals surface area contributed by atoms with Gasteiger partial charge in [-0.1, -0.05) is 18.2 Å². The van der Waals surface area contributed by atoms with E-state index in [2.05, 4.69) is 25.2 Å². The first kappa shape index (κ1) is 12.0. The summed E-state index contributed by atoms with van der Waals surface area (Å²) in [5.41, 5.74) is 6.74. The van der Waals surface area contributed by atoms with E-state index < -0.39 is 0 Å². The molecule has 0 aliphatic carbocycles. The molecule has 0 saturated heterocycles. The minimum Gasteiger partial charge on any atom is -0.496 e. The van der Waals surface area contributed by atoms with Gasteiger partial charge in [0.25, 0.3) is 0 Å². The average molecular weight is 208 g/mol. The van der Waals surface area contributed by atoms with Crippen LogP contribution in [0.5, 0.6) is 5.75 Å². The summed E-state index contributed by atoms with van der Waals surface area (Å²) in [5, 5.41) is 3.42. The van der Waals surface area contributed by atoms with Crippen LogP contribution in [0.2, 0.25) is 0 Å². The van der Waals surface area contributed by atoms with Crippen LogP contribution in [0.4, 0.5) is 0 Å². The Morgan fingerprint density at radius 1 is 1.33 bits per heavy atom. The molecule has 2 atom stereocenters. The molecule has 1 rings (SSSR count). The molecular weight excluding hydrogens is 188 g/mol. The topological polar surface area (TPSA) is 47.3 Å². The Morgan fingerprint density at radius 2 is 2.00 bits per heavy atom. The number of nitrogens with one attached hydrogen (secondary N) is 1. The number of rotatable bonds is 5. The largest absolute Gasteiger partial charge is 0.496 e. The number of hydrogen-bond acceptors (Lipinski definition) is 3. The number of methoxy groups -OCH3 is 1. The highest BCUT2D eigenvalue weighted by Gasteiger charge is 2.11. The van der Waals surface area contributed by atoms with Crippen molar-refractivity contribution in [2.45, 2.75) is 25.9 Å². The van der Waals surface area contributed by atoms with Crippen LogP contribution in [0.25, 0.3) is 0 Å². The molecule has 3 heteroatoms. The monoisotopic (exact) mass is 208 g/mol. The Balaban J connectivity index is 2.76. The third-order valence-corrected chi connectivity index (χ3v) is 2.49. The molecule has 0 aliphatic heterocycles. The van der Waals surface area contributed by atoms with Crippen LogP contribution in [0, 0.1) is 0 Å². The molecule has 0 spiro atoms. The van der Waals surface area contributed by atoms with Crippen LogP contribution in [0.3, 0.4) is 0 Å². The second-order valence-electron chi connectivity index (χ2n) is 3.77. The minimum absolute atomic E-state index is 0.250.